The van der Waals surface area contributed by atoms with Gasteiger partial charge in [0.05, 0.1) is 29.7 Å². The molecule has 1 fully saturated rings. The monoisotopic (exact) mass is 345 g/mol. The van der Waals surface area contributed by atoms with Crippen LogP contribution in [0.25, 0.3) is 11.0 Å². The summed E-state index contributed by atoms with van der Waals surface area (Å²) >= 11 is 0. The van der Waals surface area contributed by atoms with Crippen molar-refractivity contribution in [1.29, 1.82) is 0 Å². The molecule has 1 saturated heterocycles. The van der Waals surface area contributed by atoms with Gasteiger partial charge in [0.25, 0.3) is 0 Å². The Hall–Kier alpha value is -2.08. The third-order valence-electron chi connectivity index (χ3n) is 4.55. The highest BCUT2D eigenvalue weighted by molar-refractivity contribution is 5.77. The van der Waals surface area contributed by atoms with E-state index >= 15 is 0 Å². The van der Waals surface area contributed by atoms with Crippen LogP contribution < -0.4 is 0 Å². The smallest absolute Gasteiger partial charge is 0.410 e. The first-order valence-corrected chi connectivity index (χ1v) is 8.77. The van der Waals surface area contributed by atoms with Gasteiger partial charge in [0, 0.05) is 6.54 Å². The number of fused-ring (bicyclic) bond motifs is 1. The molecule has 25 heavy (non-hydrogen) atoms. The number of imidazole rings is 1. The second-order valence-corrected chi connectivity index (χ2v) is 7.87. The predicted molar refractivity (Wildman–Crippen MR) is 96.7 cm³/mol. The van der Waals surface area contributed by atoms with Crippen LogP contribution in [-0.2, 0) is 4.74 Å². The third kappa shape index (κ3) is 3.63. The van der Waals surface area contributed by atoms with Crippen molar-refractivity contribution in [3.05, 3.63) is 29.6 Å². The number of nitrogens with zero attached hydrogens (tertiary/aromatic N) is 3. The molecule has 1 aliphatic rings. The van der Waals surface area contributed by atoms with Gasteiger partial charge < -0.3 is 19.3 Å². The maximum atomic E-state index is 12.2. The first kappa shape index (κ1) is 17.7. The lowest BCUT2D eigenvalue weighted by Crippen LogP contribution is -2.48. The van der Waals surface area contributed by atoms with E-state index in [0.29, 0.717) is 13.0 Å². The van der Waals surface area contributed by atoms with E-state index < -0.39 is 11.7 Å². The average Bonchev–Trinajstić information content (AvgIpc) is 2.80. The van der Waals surface area contributed by atoms with E-state index in [1.54, 1.807) is 4.90 Å². The number of ether oxygens (including phenoxy) is 1. The van der Waals surface area contributed by atoms with Crippen molar-refractivity contribution >= 4 is 17.1 Å². The van der Waals surface area contributed by atoms with Crippen LogP contribution in [-0.4, -0.2) is 50.4 Å². The number of aliphatic hydroxyl groups excluding tert-OH is 1. The fourth-order valence-electron chi connectivity index (χ4n) is 3.46. The maximum Gasteiger partial charge on any atom is 0.410 e. The van der Waals surface area contributed by atoms with E-state index in [1.165, 1.54) is 0 Å². The number of piperidine rings is 1. The number of carbonyl (C=O) groups excluding carboxylic acids is 1. The fraction of sp³-hybridized carbons (Fsp3) is 0.579. The summed E-state index contributed by atoms with van der Waals surface area (Å²) in [4.78, 5) is 18.5. The largest absolute Gasteiger partial charge is 0.444 e. The van der Waals surface area contributed by atoms with Gasteiger partial charge in [-0.25, -0.2) is 9.78 Å². The van der Waals surface area contributed by atoms with Crippen molar-refractivity contribution in [3.63, 3.8) is 0 Å². The Balaban J connectivity index is 1.81. The maximum absolute atomic E-state index is 12.2. The first-order valence-electron chi connectivity index (χ1n) is 8.77. The van der Waals surface area contributed by atoms with Gasteiger partial charge in [-0.3, -0.25) is 0 Å². The van der Waals surface area contributed by atoms with Gasteiger partial charge >= 0.3 is 6.09 Å². The van der Waals surface area contributed by atoms with Crippen molar-refractivity contribution < 1.29 is 14.6 Å². The summed E-state index contributed by atoms with van der Waals surface area (Å²) in [6.07, 6.45) is -0.355. The molecule has 6 heteroatoms. The van der Waals surface area contributed by atoms with Crippen molar-refractivity contribution in [1.82, 2.24) is 14.5 Å². The van der Waals surface area contributed by atoms with E-state index in [4.69, 9.17) is 4.74 Å². The van der Waals surface area contributed by atoms with Crippen molar-refractivity contribution in [2.24, 2.45) is 0 Å². The molecule has 0 spiro atoms. The minimum atomic E-state index is -0.654. The van der Waals surface area contributed by atoms with E-state index in [1.807, 2.05) is 34.6 Å². The summed E-state index contributed by atoms with van der Waals surface area (Å²) in [5.41, 5.74) is 2.60. The summed E-state index contributed by atoms with van der Waals surface area (Å²) in [6.45, 7) is 10.4. The number of rotatable bonds is 1. The Labute approximate surface area is 148 Å². The predicted octanol–water partition coefficient (Wildman–Crippen LogP) is 3.20. The van der Waals surface area contributed by atoms with E-state index in [0.717, 1.165) is 22.4 Å². The van der Waals surface area contributed by atoms with Crippen LogP contribution in [0, 0.1) is 13.8 Å². The molecule has 1 aliphatic heterocycles. The summed E-state index contributed by atoms with van der Waals surface area (Å²) in [6, 6.07) is 6.08. The van der Waals surface area contributed by atoms with Gasteiger partial charge in [-0.2, -0.15) is 0 Å². The lowest BCUT2D eigenvalue weighted by atomic mass is 10.0. The molecule has 6 nitrogen and oxygen atoms in total. The molecule has 1 N–H and O–H groups in total. The number of amides is 1. The zero-order valence-corrected chi connectivity index (χ0v) is 15.6. The summed E-state index contributed by atoms with van der Waals surface area (Å²) in [5.74, 6) is 0.885. The van der Waals surface area contributed by atoms with Gasteiger partial charge in [0.2, 0.25) is 0 Å². The Bertz CT molecular complexity index is 791. The molecule has 0 radical (unpaired) electrons. The second-order valence-electron chi connectivity index (χ2n) is 7.87. The van der Waals surface area contributed by atoms with Crippen LogP contribution >= 0.6 is 0 Å². The highest BCUT2D eigenvalue weighted by Crippen LogP contribution is 2.30. The molecule has 1 amide bonds. The number of likely N-dealkylation sites (tertiary alicyclic amines) is 1. The molecule has 1 aromatic heterocycles. The molecule has 0 unspecified atom stereocenters. The highest BCUT2D eigenvalue weighted by Gasteiger charge is 2.34. The SMILES string of the molecule is Cc1ccc2c(c1)nc(C)n2[C@@H]1CCN(C(=O)OC(C)(C)C)C[C@H]1O. The number of β-amino-alcohol motifs (C(OH)–C–C–N with tert-alkyl or cyclic N) is 1. The van der Waals surface area contributed by atoms with Crippen LogP contribution in [0.5, 0.6) is 0 Å². The molecule has 136 valence electrons. The van der Waals surface area contributed by atoms with Crippen molar-refractivity contribution in [2.75, 3.05) is 13.1 Å². The summed E-state index contributed by atoms with van der Waals surface area (Å²) < 4.78 is 7.52. The lowest BCUT2D eigenvalue weighted by Gasteiger charge is -2.37. The van der Waals surface area contributed by atoms with Gasteiger partial charge in [-0.1, -0.05) is 6.07 Å². The normalized spacial score (nSPS) is 21.6. The van der Waals surface area contributed by atoms with Gasteiger partial charge in [0.1, 0.15) is 11.4 Å². The van der Waals surface area contributed by atoms with Crippen LogP contribution in [0.15, 0.2) is 18.2 Å². The number of hydrogen-bond acceptors (Lipinski definition) is 4. The topological polar surface area (TPSA) is 67.6 Å². The number of aryl methyl sites for hydroxylation is 2. The number of carbonyl (C=O) groups is 1. The van der Waals surface area contributed by atoms with Gasteiger partial charge in [-0.05, 0) is 58.7 Å². The van der Waals surface area contributed by atoms with E-state index in [9.17, 15) is 9.90 Å². The first-order chi connectivity index (χ1) is 11.7. The molecular weight excluding hydrogens is 318 g/mol. The molecule has 2 heterocycles. The van der Waals surface area contributed by atoms with E-state index in [-0.39, 0.29) is 18.7 Å². The van der Waals surface area contributed by atoms with E-state index in [2.05, 4.69) is 27.8 Å². The third-order valence-corrected chi connectivity index (χ3v) is 4.55. The number of benzene rings is 1. The van der Waals surface area contributed by atoms with Crippen LogP contribution in [0.3, 0.4) is 0 Å². The zero-order chi connectivity index (χ0) is 18.4. The molecule has 0 bridgehead atoms. The van der Waals surface area contributed by atoms with Crippen molar-refractivity contribution in [2.45, 2.75) is 58.8 Å². The highest BCUT2D eigenvalue weighted by atomic mass is 16.6. The molecule has 0 aliphatic carbocycles. The quantitative estimate of drug-likeness (QED) is 0.862. The molecule has 3 rings (SSSR count). The average molecular weight is 345 g/mol. The molecule has 2 aromatic rings. The fourth-order valence-corrected chi connectivity index (χ4v) is 3.46. The van der Waals surface area contributed by atoms with Crippen LogP contribution in [0.1, 0.15) is 44.6 Å². The van der Waals surface area contributed by atoms with Gasteiger partial charge in [0.15, 0.2) is 0 Å². The Kier molecular flexibility index (Phi) is 4.49. The Morgan fingerprint density at radius 1 is 1.32 bits per heavy atom. The Morgan fingerprint density at radius 3 is 2.68 bits per heavy atom. The number of aliphatic hydroxyl groups is 1. The standard InChI is InChI=1S/C19H27N3O3/c1-12-6-7-15-14(10-12)20-13(2)22(15)16-8-9-21(11-17(16)23)18(24)25-19(3,4)5/h6-7,10,16-17,23H,8-9,11H2,1-5H3/t16-,17-/m1/s1. The number of hydrogen-bond donors (Lipinski definition) is 1. The zero-order valence-electron chi connectivity index (χ0n) is 15.6. The molecular formula is C19H27N3O3. The number of aromatic nitrogens is 2. The van der Waals surface area contributed by atoms with Crippen LogP contribution in [0.2, 0.25) is 0 Å². The Morgan fingerprint density at radius 2 is 2.04 bits per heavy atom. The lowest BCUT2D eigenvalue weighted by molar-refractivity contribution is -0.00965. The molecule has 2 atom stereocenters. The summed E-state index contributed by atoms with van der Waals surface area (Å²) in [5, 5.41) is 10.7. The minimum absolute atomic E-state index is 0.0913. The van der Waals surface area contributed by atoms with Crippen molar-refractivity contribution in [3.8, 4) is 0 Å². The summed E-state index contributed by atoms with van der Waals surface area (Å²) in [7, 11) is 0. The van der Waals surface area contributed by atoms with Gasteiger partial charge in [-0.15, -0.1) is 0 Å². The molecule has 1 aromatic carbocycles. The second kappa shape index (κ2) is 6.33. The molecule has 0 saturated carbocycles. The van der Waals surface area contributed by atoms with Crippen LogP contribution in [0.4, 0.5) is 4.79 Å². The minimum Gasteiger partial charge on any atom is -0.444 e.